The molecule has 0 saturated carbocycles. The lowest BCUT2D eigenvalue weighted by atomic mass is 9.91. The molecule has 35 heavy (non-hydrogen) atoms. The highest BCUT2D eigenvalue weighted by atomic mass is 19.1. The van der Waals surface area contributed by atoms with Gasteiger partial charge in [-0.05, 0) is 42.8 Å². The first-order chi connectivity index (χ1) is 17.0. The first-order valence-electron chi connectivity index (χ1n) is 10.9. The Kier molecular flexibility index (Phi) is 7.38. The van der Waals surface area contributed by atoms with Crippen LogP contribution in [0.1, 0.15) is 18.7 Å². The topological polar surface area (TPSA) is 131 Å². The summed E-state index contributed by atoms with van der Waals surface area (Å²) < 4.78 is 38.5. The molecule has 2 heterocycles. The Morgan fingerprint density at radius 1 is 1.14 bits per heavy atom. The standard InChI is InChI=1S/C23H22F2N6O4/c1-34-14-5-3-13(4-6-14)21-28-18(35-31-21)10-9-17(32)26-11-2-12-27-22-19-15(24)7-8-16(25)20(19)23(33)30-29-22/h3-8,20,27H,2,9-12H2,1H3,(H,26,32). The van der Waals surface area contributed by atoms with E-state index >= 15 is 0 Å². The molecule has 1 aromatic carbocycles. The monoisotopic (exact) mass is 484 g/mol. The predicted molar refractivity (Wildman–Crippen MR) is 119 cm³/mol. The van der Waals surface area contributed by atoms with Gasteiger partial charge in [0.25, 0.3) is 5.91 Å². The molecule has 10 nitrogen and oxygen atoms in total. The minimum atomic E-state index is -1.41. The molecule has 0 fully saturated rings. The molecule has 2 aliphatic rings. The number of azo groups is 1. The van der Waals surface area contributed by atoms with E-state index in [1.165, 1.54) is 0 Å². The van der Waals surface area contributed by atoms with E-state index in [4.69, 9.17) is 9.26 Å². The summed E-state index contributed by atoms with van der Waals surface area (Å²) in [5.41, 5.74) is 0.604. The molecule has 12 heteroatoms. The maximum Gasteiger partial charge on any atom is 0.279 e. The van der Waals surface area contributed by atoms with Gasteiger partial charge < -0.3 is 19.9 Å². The second-order valence-electron chi connectivity index (χ2n) is 7.67. The van der Waals surface area contributed by atoms with Crippen molar-refractivity contribution in [3.8, 4) is 17.1 Å². The lowest BCUT2D eigenvalue weighted by Crippen LogP contribution is -2.30. The van der Waals surface area contributed by atoms with Gasteiger partial charge in [-0.1, -0.05) is 5.16 Å². The van der Waals surface area contributed by atoms with Crippen molar-refractivity contribution >= 4 is 11.8 Å². The number of ether oxygens (including phenoxy) is 1. The summed E-state index contributed by atoms with van der Waals surface area (Å²) in [5.74, 6) is -2.50. The second kappa shape index (κ2) is 10.8. The number of carbonyl (C=O) groups excluding carboxylic acids is 2. The molecule has 1 aliphatic carbocycles. The van der Waals surface area contributed by atoms with Crippen molar-refractivity contribution in [3.63, 3.8) is 0 Å². The molecule has 2 aromatic rings. The Morgan fingerprint density at radius 3 is 2.71 bits per heavy atom. The van der Waals surface area contributed by atoms with Crippen LogP contribution in [0.5, 0.6) is 5.75 Å². The van der Waals surface area contributed by atoms with Gasteiger partial charge in [0, 0.05) is 31.5 Å². The van der Waals surface area contributed by atoms with E-state index in [2.05, 4.69) is 31.0 Å². The second-order valence-corrected chi connectivity index (χ2v) is 7.67. The van der Waals surface area contributed by atoms with Crippen LogP contribution in [-0.4, -0.2) is 42.2 Å². The minimum Gasteiger partial charge on any atom is -0.497 e. The molecule has 0 spiro atoms. The number of hydrogen-bond donors (Lipinski definition) is 2. The highest BCUT2D eigenvalue weighted by Gasteiger charge is 2.37. The highest BCUT2D eigenvalue weighted by Crippen LogP contribution is 2.37. The molecule has 2 amide bonds. The van der Waals surface area contributed by atoms with Gasteiger partial charge in [0.1, 0.15) is 23.3 Å². The average molecular weight is 484 g/mol. The van der Waals surface area contributed by atoms with Crippen LogP contribution in [-0.2, 0) is 16.0 Å². The maximum atomic E-state index is 14.2. The Balaban J connectivity index is 1.19. The quantitative estimate of drug-likeness (QED) is 0.495. The van der Waals surface area contributed by atoms with Gasteiger partial charge in [0.2, 0.25) is 17.6 Å². The van der Waals surface area contributed by atoms with E-state index < -0.39 is 23.5 Å². The molecule has 1 unspecified atom stereocenters. The number of carbonyl (C=O) groups is 2. The summed E-state index contributed by atoms with van der Waals surface area (Å²) in [6.45, 7) is 0.633. The number of nitrogens with zero attached hydrogens (tertiary/aromatic N) is 4. The van der Waals surface area contributed by atoms with Crippen molar-refractivity contribution in [2.24, 2.45) is 16.1 Å². The van der Waals surface area contributed by atoms with Crippen molar-refractivity contribution in [3.05, 3.63) is 65.4 Å². The lowest BCUT2D eigenvalue weighted by molar-refractivity contribution is -0.121. The van der Waals surface area contributed by atoms with Crippen LogP contribution in [0.4, 0.5) is 8.78 Å². The van der Waals surface area contributed by atoms with Gasteiger partial charge in [-0.3, -0.25) is 9.59 Å². The Bertz CT molecular complexity index is 1230. The van der Waals surface area contributed by atoms with Crippen LogP contribution in [0.2, 0.25) is 0 Å². The van der Waals surface area contributed by atoms with Gasteiger partial charge in [-0.25, -0.2) is 8.78 Å². The molecule has 182 valence electrons. The van der Waals surface area contributed by atoms with Crippen molar-refractivity contribution in [1.82, 2.24) is 20.8 Å². The molecule has 1 atom stereocenters. The molecule has 1 aliphatic heterocycles. The van der Waals surface area contributed by atoms with E-state index in [-0.39, 0.29) is 30.1 Å². The largest absolute Gasteiger partial charge is 0.497 e. The molecule has 0 saturated heterocycles. The van der Waals surface area contributed by atoms with Crippen LogP contribution < -0.4 is 15.4 Å². The fraction of sp³-hybridized carbons (Fsp3) is 0.304. The summed E-state index contributed by atoms with van der Waals surface area (Å²) in [4.78, 5) is 28.2. The first kappa shape index (κ1) is 23.9. The van der Waals surface area contributed by atoms with Crippen molar-refractivity contribution in [2.75, 3.05) is 20.2 Å². The fourth-order valence-electron chi connectivity index (χ4n) is 3.49. The Labute approximate surface area is 198 Å². The van der Waals surface area contributed by atoms with Crippen LogP contribution >= 0.6 is 0 Å². The number of hydrogen-bond acceptors (Lipinski definition) is 8. The van der Waals surface area contributed by atoms with Crippen LogP contribution in [0.15, 0.2) is 74.2 Å². The number of benzene rings is 1. The lowest BCUT2D eigenvalue weighted by Gasteiger charge is -2.22. The summed E-state index contributed by atoms with van der Waals surface area (Å²) in [7, 11) is 1.58. The van der Waals surface area contributed by atoms with Crippen molar-refractivity contribution < 1.29 is 27.6 Å². The minimum absolute atomic E-state index is 0.00184. The number of amides is 2. The Hall–Kier alpha value is -4.22. The summed E-state index contributed by atoms with van der Waals surface area (Å²) in [6.07, 6.45) is 2.77. The van der Waals surface area contributed by atoms with E-state index in [0.717, 1.165) is 17.7 Å². The highest BCUT2D eigenvalue weighted by molar-refractivity contribution is 5.87. The zero-order valence-corrected chi connectivity index (χ0v) is 18.8. The third-order valence-corrected chi connectivity index (χ3v) is 5.31. The van der Waals surface area contributed by atoms with Crippen LogP contribution in [0.25, 0.3) is 11.4 Å². The molecular formula is C23H22F2N6O4. The summed E-state index contributed by atoms with van der Waals surface area (Å²) >= 11 is 0. The third kappa shape index (κ3) is 5.65. The normalized spacial score (nSPS) is 17.0. The van der Waals surface area contributed by atoms with Crippen LogP contribution in [0, 0.1) is 5.92 Å². The van der Waals surface area contributed by atoms with Crippen molar-refractivity contribution in [2.45, 2.75) is 19.3 Å². The molecule has 0 radical (unpaired) electrons. The maximum absolute atomic E-state index is 14.2. The number of rotatable bonds is 10. The van der Waals surface area contributed by atoms with Gasteiger partial charge in [-0.15, -0.1) is 10.2 Å². The zero-order valence-electron chi connectivity index (χ0n) is 18.8. The summed E-state index contributed by atoms with van der Waals surface area (Å²) in [6, 6.07) is 7.20. The molecule has 4 rings (SSSR count). The number of allylic oxidation sites excluding steroid dienone is 3. The SMILES string of the molecule is COc1ccc(-c2noc(CCC(=O)NCCCNC3=C4C(F)=CC=C(F)C4C(=O)N=N3)n2)cc1. The number of aromatic nitrogens is 2. The van der Waals surface area contributed by atoms with E-state index in [9.17, 15) is 18.4 Å². The average Bonchev–Trinajstić information content (AvgIpc) is 3.35. The number of halogens is 2. The molecule has 1 aromatic heterocycles. The van der Waals surface area contributed by atoms with E-state index in [1.54, 1.807) is 19.2 Å². The van der Waals surface area contributed by atoms with Gasteiger partial charge in [0.15, 0.2) is 5.82 Å². The first-order valence-corrected chi connectivity index (χ1v) is 10.9. The van der Waals surface area contributed by atoms with Gasteiger partial charge in [-0.2, -0.15) is 4.98 Å². The third-order valence-electron chi connectivity index (χ3n) is 5.31. The number of methoxy groups -OCH3 is 1. The number of nitrogens with one attached hydrogen (secondary N) is 2. The predicted octanol–water partition coefficient (Wildman–Crippen LogP) is 3.31. The molecule has 2 N–H and O–H groups in total. The van der Waals surface area contributed by atoms with Gasteiger partial charge >= 0.3 is 0 Å². The smallest absolute Gasteiger partial charge is 0.279 e. The Morgan fingerprint density at radius 2 is 1.94 bits per heavy atom. The van der Waals surface area contributed by atoms with E-state index in [0.29, 0.717) is 37.0 Å². The van der Waals surface area contributed by atoms with Crippen LogP contribution in [0.3, 0.4) is 0 Å². The van der Waals surface area contributed by atoms with Crippen molar-refractivity contribution in [1.29, 1.82) is 0 Å². The zero-order chi connectivity index (χ0) is 24.8. The fourth-order valence-corrected chi connectivity index (χ4v) is 3.49. The van der Waals surface area contributed by atoms with E-state index in [1.807, 2.05) is 12.1 Å². The number of fused-ring (bicyclic) bond motifs is 1. The summed E-state index contributed by atoms with van der Waals surface area (Å²) in [5, 5.41) is 16.6. The molecule has 0 bridgehead atoms. The molecular weight excluding hydrogens is 462 g/mol. The number of aryl methyl sites for hydroxylation is 1. The van der Waals surface area contributed by atoms with Gasteiger partial charge in [0.05, 0.1) is 12.7 Å².